The monoisotopic (exact) mass is 223 g/mol. The van der Waals surface area contributed by atoms with E-state index in [-0.39, 0.29) is 12.1 Å². The molecule has 0 aliphatic rings. The summed E-state index contributed by atoms with van der Waals surface area (Å²) in [5, 5.41) is 1.95. The predicted octanol–water partition coefficient (Wildman–Crippen LogP) is 2.29. The molecule has 0 aliphatic carbocycles. The number of benzene rings is 1. The molecule has 7 heteroatoms. The topological polar surface area (TPSA) is 38.3 Å². The predicted molar refractivity (Wildman–Crippen MR) is 42.8 cm³/mol. The summed E-state index contributed by atoms with van der Waals surface area (Å²) in [6.45, 7) is 0. The average Bonchev–Trinajstić information content (AvgIpc) is 2.07. The fraction of sp³-hybridized carbons (Fsp3) is 0.125. The Kier molecular flexibility index (Phi) is 3.13. The third-order valence-corrected chi connectivity index (χ3v) is 1.38. The van der Waals surface area contributed by atoms with E-state index < -0.39 is 17.9 Å². The van der Waals surface area contributed by atoms with Gasteiger partial charge in [0.1, 0.15) is 5.82 Å². The van der Waals surface area contributed by atoms with Gasteiger partial charge in [0.15, 0.2) is 5.75 Å². The molecule has 0 aromatic heterocycles. The van der Waals surface area contributed by atoms with Crippen LogP contribution in [0, 0.1) is 5.82 Å². The fourth-order valence-electron chi connectivity index (χ4n) is 0.888. The Hall–Kier alpha value is -1.79. The van der Waals surface area contributed by atoms with E-state index in [0.717, 1.165) is 12.1 Å². The minimum Gasteiger partial charge on any atom is -0.403 e. The SMILES string of the molecule is O=CNc1ccc(F)cc1OC(F)(F)F. The second-order valence-electron chi connectivity index (χ2n) is 2.45. The third-order valence-electron chi connectivity index (χ3n) is 1.38. The van der Waals surface area contributed by atoms with Gasteiger partial charge in [-0.1, -0.05) is 0 Å². The van der Waals surface area contributed by atoms with Gasteiger partial charge in [-0.2, -0.15) is 0 Å². The van der Waals surface area contributed by atoms with Crippen molar-refractivity contribution in [1.29, 1.82) is 0 Å². The third kappa shape index (κ3) is 3.45. The van der Waals surface area contributed by atoms with Gasteiger partial charge in [0.25, 0.3) is 0 Å². The van der Waals surface area contributed by atoms with Crippen LogP contribution >= 0.6 is 0 Å². The molecule has 1 amide bonds. The van der Waals surface area contributed by atoms with Gasteiger partial charge >= 0.3 is 6.36 Å². The summed E-state index contributed by atoms with van der Waals surface area (Å²) in [5.41, 5.74) is -0.260. The zero-order valence-corrected chi connectivity index (χ0v) is 7.14. The maximum absolute atomic E-state index is 12.6. The van der Waals surface area contributed by atoms with E-state index in [0.29, 0.717) is 6.07 Å². The van der Waals surface area contributed by atoms with E-state index in [2.05, 4.69) is 4.74 Å². The highest BCUT2D eigenvalue weighted by Gasteiger charge is 2.32. The van der Waals surface area contributed by atoms with Gasteiger partial charge in [0.2, 0.25) is 6.41 Å². The van der Waals surface area contributed by atoms with E-state index in [4.69, 9.17) is 0 Å². The van der Waals surface area contributed by atoms with Crippen LogP contribution in [0.2, 0.25) is 0 Å². The first-order valence-corrected chi connectivity index (χ1v) is 3.68. The summed E-state index contributed by atoms with van der Waals surface area (Å²) in [5.74, 6) is -1.69. The van der Waals surface area contributed by atoms with Gasteiger partial charge in [-0.15, -0.1) is 13.2 Å². The van der Waals surface area contributed by atoms with Crippen LogP contribution in [0.15, 0.2) is 18.2 Å². The highest BCUT2D eigenvalue weighted by atomic mass is 19.4. The van der Waals surface area contributed by atoms with Gasteiger partial charge in [-0.25, -0.2) is 4.39 Å². The molecule has 15 heavy (non-hydrogen) atoms. The quantitative estimate of drug-likeness (QED) is 0.630. The lowest BCUT2D eigenvalue weighted by Gasteiger charge is -2.12. The minimum absolute atomic E-state index is 0.163. The summed E-state index contributed by atoms with van der Waals surface area (Å²) >= 11 is 0. The number of carbonyl (C=O) groups excluding carboxylic acids is 1. The van der Waals surface area contributed by atoms with Crippen molar-refractivity contribution < 1.29 is 27.1 Å². The molecule has 0 bridgehead atoms. The molecular formula is C8H5F4NO2. The van der Waals surface area contributed by atoms with Gasteiger partial charge in [0.05, 0.1) is 5.69 Å². The Morgan fingerprint density at radius 3 is 2.53 bits per heavy atom. The molecular weight excluding hydrogens is 218 g/mol. The standard InChI is InChI=1S/C8H5F4NO2/c9-5-1-2-6(13-4-14)7(3-5)15-8(10,11)12/h1-4H,(H,13,14). The van der Waals surface area contributed by atoms with Crippen LogP contribution in [0.4, 0.5) is 23.2 Å². The summed E-state index contributed by atoms with van der Waals surface area (Å²) in [6.07, 6.45) is -4.77. The van der Waals surface area contributed by atoms with Gasteiger partial charge in [-0.3, -0.25) is 4.79 Å². The molecule has 0 spiro atoms. The number of nitrogens with one attached hydrogen (secondary N) is 1. The lowest BCUT2D eigenvalue weighted by atomic mass is 10.3. The molecule has 82 valence electrons. The Morgan fingerprint density at radius 2 is 2.00 bits per heavy atom. The fourth-order valence-corrected chi connectivity index (χ4v) is 0.888. The van der Waals surface area contributed by atoms with Crippen molar-refractivity contribution in [3.63, 3.8) is 0 Å². The molecule has 1 aromatic rings. The maximum atomic E-state index is 12.6. The zero-order valence-electron chi connectivity index (χ0n) is 7.14. The molecule has 0 aliphatic heterocycles. The molecule has 0 saturated carbocycles. The number of hydrogen-bond donors (Lipinski definition) is 1. The van der Waals surface area contributed by atoms with Gasteiger partial charge in [0, 0.05) is 6.07 Å². The van der Waals surface area contributed by atoms with Crippen molar-refractivity contribution in [2.45, 2.75) is 6.36 Å². The number of amides is 1. The van der Waals surface area contributed by atoms with Crippen molar-refractivity contribution in [2.24, 2.45) is 0 Å². The second kappa shape index (κ2) is 4.16. The Morgan fingerprint density at radius 1 is 1.33 bits per heavy atom. The zero-order chi connectivity index (χ0) is 11.5. The molecule has 1 aromatic carbocycles. The van der Waals surface area contributed by atoms with E-state index in [1.54, 1.807) is 0 Å². The van der Waals surface area contributed by atoms with E-state index in [1.807, 2.05) is 5.32 Å². The lowest BCUT2D eigenvalue weighted by molar-refractivity contribution is -0.274. The molecule has 0 radical (unpaired) electrons. The smallest absolute Gasteiger partial charge is 0.403 e. The van der Waals surface area contributed by atoms with Crippen LogP contribution in [0.3, 0.4) is 0 Å². The van der Waals surface area contributed by atoms with Crippen LogP contribution in [-0.2, 0) is 4.79 Å². The largest absolute Gasteiger partial charge is 0.573 e. The van der Waals surface area contributed by atoms with E-state index in [9.17, 15) is 22.4 Å². The number of carbonyl (C=O) groups is 1. The number of halogens is 4. The lowest BCUT2D eigenvalue weighted by Crippen LogP contribution is -2.18. The summed E-state index contributed by atoms with van der Waals surface area (Å²) < 4.78 is 51.6. The Balaban J connectivity index is 3.01. The molecule has 0 heterocycles. The molecule has 0 saturated heterocycles. The van der Waals surface area contributed by atoms with Crippen LogP contribution in [0.1, 0.15) is 0 Å². The Labute approximate surface area is 81.6 Å². The Bertz CT molecular complexity index is 364. The highest BCUT2D eigenvalue weighted by molar-refractivity contribution is 5.75. The van der Waals surface area contributed by atoms with E-state index in [1.165, 1.54) is 0 Å². The van der Waals surface area contributed by atoms with Crippen molar-refractivity contribution >= 4 is 12.1 Å². The summed E-state index contributed by atoms with van der Waals surface area (Å²) in [7, 11) is 0. The van der Waals surface area contributed by atoms with Gasteiger partial charge < -0.3 is 10.1 Å². The van der Waals surface area contributed by atoms with Crippen molar-refractivity contribution in [2.75, 3.05) is 5.32 Å². The highest BCUT2D eigenvalue weighted by Crippen LogP contribution is 2.30. The molecule has 3 nitrogen and oxygen atoms in total. The van der Waals surface area contributed by atoms with Gasteiger partial charge in [-0.05, 0) is 12.1 Å². The maximum Gasteiger partial charge on any atom is 0.573 e. The number of anilines is 1. The minimum atomic E-state index is -4.94. The number of hydrogen-bond acceptors (Lipinski definition) is 2. The van der Waals surface area contributed by atoms with Crippen molar-refractivity contribution in [3.05, 3.63) is 24.0 Å². The first kappa shape index (κ1) is 11.3. The average molecular weight is 223 g/mol. The second-order valence-corrected chi connectivity index (χ2v) is 2.45. The van der Waals surface area contributed by atoms with E-state index >= 15 is 0 Å². The number of rotatable bonds is 3. The van der Waals surface area contributed by atoms with Crippen molar-refractivity contribution in [3.8, 4) is 5.75 Å². The normalized spacial score (nSPS) is 10.9. The molecule has 0 unspecified atom stereocenters. The summed E-state index contributed by atoms with van der Waals surface area (Å²) in [4.78, 5) is 10.0. The van der Waals surface area contributed by atoms with Crippen LogP contribution in [-0.4, -0.2) is 12.8 Å². The molecule has 0 fully saturated rings. The summed E-state index contributed by atoms with van der Waals surface area (Å²) in [6, 6.07) is 2.39. The van der Waals surface area contributed by atoms with Crippen LogP contribution in [0.25, 0.3) is 0 Å². The van der Waals surface area contributed by atoms with Crippen LogP contribution in [0.5, 0.6) is 5.75 Å². The molecule has 1 rings (SSSR count). The number of alkyl halides is 3. The van der Waals surface area contributed by atoms with Crippen molar-refractivity contribution in [1.82, 2.24) is 0 Å². The molecule has 0 atom stereocenters. The first-order valence-electron chi connectivity index (χ1n) is 3.68. The molecule has 1 N–H and O–H groups in total. The number of ether oxygens (including phenoxy) is 1. The van der Waals surface area contributed by atoms with Crippen LogP contribution < -0.4 is 10.1 Å². The first-order chi connectivity index (χ1) is 6.92.